The van der Waals surface area contributed by atoms with E-state index in [0.29, 0.717) is 24.4 Å². The molecule has 1 aromatic rings. The maximum atomic E-state index is 12.8. The summed E-state index contributed by atoms with van der Waals surface area (Å²) in [6.07, 6.45) is -3.93. The molecule has 0 heterocycles. The molecule has 0 aliphatic heterocycles. The summed E-state index contributed by atoms with van der Waals surface area (Å²) in [5.74, 6) is -0.879. The topological polar surface area (TPSA) is 32.6 Å². The van der Waals surface area contributed by atoms with Crippen LogP contribution in [0.4, 0.5) is 17.6 Å². The summed E-state index contributed by atoms with van der Waals surface area (Å²) in [6, 6.07) is 1.85. The van der Waals surface area contributed by atoms with Crippen LogP contribution in [0.3, 0.4) is 0 Å². The van der Waals surface area contributed by atoms with Crippen LogP contribution >= 0.6 is 0 Å². The highest BCUT2D eigenvalue weighted by atomic mass is 19.4. The monoisotopic (exact) mass is 207 g/mol. The summed E-state index contributed by atoms with van der Waals surface area (Å²) >= 11 is 0. The van der Waals surface area contributed by atoms with Gasteiger partial charge in [0.2, 0.25) is 0 Å². The Hall–Kier alpha value is -1.59. The van der Waals surface area contributed by atoms with Crippen LogP contribution in [0.5, 0.6) is 0 Å². The second kappa shape index (κ2) is 3.65. The Morgan fingerprint density at radius 2 is 1.93 bits per heavy atom. The van der Waals surface area contributed by atoms with Crippen molar-refractivity contribution in [3.8, 4) is 0 Å². The Bertz CT molecular complexity index is 359. The Labute approximate surface area is 76.5 Å². The molecule has 0 aliphatic rings. The molecule has 0 unspecified atom stereocenters. The first-order valence-corrected chi connectivity index (χ1v) is 3.49. The lowest BCUT2D eigenvalue weighted by Gasteiger charge is -2.06. The molecule has 0 aliphatic carbocycles. The van der Waals surface area contributed by atoms with E-state index in [1.165, 1.54) is 0 Å². The summed E-state index contributed by atoms with van der Waals surface area (Å²) in [5, 5.41) is 10.5. The van der Waals surface area contributed by atoms with Crippen LogP contribution in [-0.2, 0) is 6.18 Å². The standard InChI is InChI=1S/C8H5F4NO/c9-7-2-1-6(8(10,11)12)3-5(7)4-13-14/h1-4,14H. The number of halogens is 4. The van der Waals surface area contributed by atoms with Gasteiger partial charge in [0.15, 0.2) is 0 Å². The van der Waals surface area contributed by atoms with E-state index in [-0.39, 0.29) is 0 Å². The van der Waals surface area contributed by atoms with Gasteiger partial charge in [-0.3, -0.25) is 0 Å². The summed E-state index contributed by atoms with van der Waals surface area (Å²) < 4.78 is 49.1. The third-order valence-corrected chi connectivity index (χ3v) is 1.52. The summed E-state index contributed by atoms with van der Waals surface area (Å²) in [4.78, 5) is 0. The second-order valence-electron chi connectivity index (χ2n) is 2.48. The minimum Gasteiger partial charge on any atom is -0.411 e. The maximum Gasteiger partial charge on any atom is 0.416 e. The lowest BCUT2D eigenvalue weighted by Crippen LogP contribution is -2.06. The number of benzene rings is 1. The van der Waals surface area contributed by atoms with Crippen LogP contribution in [0.15, 0.2) is 23.4 Å². The molecule has 0 saturated carbocycles. The normalized spacial score (nSPS) is 12.3. The van der Waals surface area contributed by atoms with Crippen molar-refractivity contribution < 1.29 is 22.8 Å². The Morgan fingerprint density at radius 1 is 1.29 bits per heavy atom. The van der Waals surface area contributed by atoms with Gasteiger partial charge in [-0.25, -0.2) is 4.39 Å². The lowest BCUT2D eigenvalue weighted by atomic mass is 10.1. The molecule has 0 spiro atoms. The summed E-state index contributed by atoms with van der Waals surface area (Å²) in [5.41, 5.74) is -1.41. The average Bonchev–Trinajstić information content (AvgIpc) is 2.07. The van der Waals surface area contributed by atoms with Gasteiger partial charge < -0.3 is 5.21 Å². The molecule has 0 atom stereocenters. The number of nitrogens with zero attached hydrogens (tertiary/aromatic N) is 1. The Kier molecular flexibility index (Phi) is 2.73. The van der Waals surface area contributed by atoms with Crippen molar-refractivity contribution in [1.29, 1.82) is 0 Å². The highest BCUT2D eigenvalue weighted by molar-refractivity contribution is 5.79. The van der Waals surface area contributed by atoms with Gasteiger partial charge in [-0.05, 0) is 18.2 Å². The minimum atomic E-state index is -4.54. The number of oxime groups is 1. The molecular weight excluding hydrogens is 202 g/mol. The third kappa shape index (κ3) is 2.21. The second-order valence-corrected chi connectivity index (χ2v) is 2.48. The molecule has 1 aromatic carbocycles. The van der Waals surface area contributed by atoms with Gasteiger partial charge in [0.25, 0.3) is 0 Å². The molecule has 2 nitrogen and oxygen atoms in total. The van der Waals surface area contributed by atoms with E-state index in [9.17, 15) is 17.6 Å². The van der Waals surface area contributed by atoms with Gasteiger partial charge >= 0.3 is 6.18 Å². The third-order valence-electron chi connectivity index (χ3n) is 1.52. The molecule has 0 amide bonds. The zero-order valence-electron chi connectivity index (χ0n) is 6.72. The van der Waals surface area contributed by atoms with Crippen molar-refractivity contribution in [2.24, 2.45) is 5.16 Å². The number of hydrogen-bond acceptors (Lipinski definition) is 2. The van der Waals surface area contributed by atoms with Gasteiger partial charge in [0.1, 0.15) is 5.82 Å². The van der Waals surface area contributed by atoms with Crippen molar-refractivity contribution in [1.82, 2.24) is 0 Å². The Balaban J connectivity index is 3.19. The van der Waals surface area contributed by atoms with E-state index in [1.807, 2.05) is 0 Å². The predicted molar refractivity (Wildman–Crippen MR) is 40.8 cm³/mol. The van der Waals surface area contributed by atoms with Crippen LogP contribution in [0.25, 0.3) is 0 Å². The highest BCUT2D eigenvalue weighted by Gasteiger charge is 2.30. The SMILES string of the molecule is ON=Cc1cc(C(F)(F)F)ccc1F. The van der Waals surface area contributed by atoms with Crippen molar-refractivity contribution in [2.75, 3.05) is 0 Å². The number of hydrogen-bond donors (Lipinski definition) is 1. The molecule has 0 fully saturated rings. The van der Waals surface area contributed by atoms with Crippen LogP contribution in [0, 0.1) is 5.82 Å². The summed E-state index contributed by atoms with van der Waals surface area (Å²) in [7, 11) is 0. The number of rotatable bonds is 1. The predicted octanol–water partition coefficient (Wildman–Crippen LogP) is 2.65. The van der Waals surface area contributed by atoms with Gasteiger partial charge in [-0.2, -0.15) is 13.2 Å². The first-order valence-electron chi connectivity index (χ1n) is 3.49. The van der Waals surface area contributed by atoms with Crippen molar-refractivity contribution >= 4 is 6.21 Å². The molecule has 1 rings (SSSR count). The molecular formula is C8H5F4NO. The zero-order chi connectivity index (χ0) is 10.8. The molecule has 0 aromatic heterocycles. The van der Waals surface area contributed by atoms with E-state index < -0.39 is 23.1 Å². The van der Waals surface area contributed by atoms with Gasteiger partial charge in [-0.15, -0.1) is 0 Å². The van der Waals surface area contributed by atoms with E-state index in [4.69, 9.17) is 5.21 Å². The zero-order valence-corrected chi connectivity index (χ0v) is 6.72. The lowest BCUT2D eigenvalue weighted by molar-refractivity contribution is -0.137. The van der Waals surface area contributed by atoms with E-state index in [2.05, 4.69) is 5.16 Å². The summed E-state index contributed by atoms with van der Waals surface area (Å²) in [6.45, 7) is 0. The molecule has 0 radical (unpaired) electrons. The maximum absolute atomic E-state index is 12.8. The molecule has 0 saturated heterocycles. The quantitative estimate of drug-likeness (QED) is 0.326. The fourth-order valence-corrected chi connectivity index (χ4v) is 0.881. The largest absolute Gasteiger partial charge is 0.416 e. The van der Waals surface area contributed by atoms with Crippen molar-refractivity contribution in [3.05, 3.63) is 35.1 Å². The van der Waals surface area contributed by atoms with Crippen LogP contribution < -0.4 is 0 Å². The van der Waals surface area contributed by atoms with E-state index in [0.717, 1.165) is 0 Å². The molecule has 1 N–H and O–H groups in total. The molecule has 14 heavy (non-hydrogen) atoms. The molecule has 76 valence electrons. The van der Waals surface area contributed by atoms with Crippen molar-refractivity contribution in [2.45, 2.75) is 6.18 Å². The smallest absolute Gasteiger partial charge is 0.411 e. The fourth-order valence-electron chi connectivity index (χ4n) is 0.881. The first kappa shape index (κ1) is 10.5. The Morgan fingerprint density at radius 3 is 2.43 bits per heavy atom. The highest BCUT2D eigenvalue weighted by Crippen LogP contribution is 2.29. The van der Waals surface area contributed by atoms with Gasteiger partial charge in [0.05, 0.1) is 11.8 Å². The van der Waals surface area contributed by atoms with Crippen LogP contribution in [0.2, 0.25) is 0 Å². The van der Waals surface area contributed by atoms with Crippen molar-refractivity contribution in [3.63, 3.8) is 0 Å². The first-order chi connectivity index (χ1) is 6.45. The van der Waals surface area contributed by atoms with E-state index in [1.54, 1.807) is 0 Å². The minimum absolute atomic E-state index is 0.415. The molecule has 6 heteroatoms. The van der Waals surface area contributed by atoms with E-state index >= 15 is 0 Å². The van der Waals surface area contributed by atoms with Crippen LogP contribution in [-0.4, -0.2) is 11.4 Å². The van der Waals surface area contributed by atoms with Gasteiger partial charge in [-0.1, -0.05) is 5.16 Å². The van der Waals surface area contributed by atoms with Crippen LogP contribution in [0.1, 0.15) is 11.1 Å². The number of alkyl halides is 3. The average molecular weight is 207 g/mol. The molecule has 0 bridgehead atoms. The fraction of sp³-hybridized carbons (Fsp3) is 0.125. The van der Waals surface area contributed by atoms with Gasteiger partial charge in [0, 0.05) is 5.56 Å².